The quantitative estimate of drug-likeness (QED) is 0.683. The summed E-state index contributed by atoms with van der Waals surface area (Å²) in [6.07, 6.45) is 2.75. The van der Waals surface area contributed by atoms with Gasteiger partial charge in [-0.2, -0.15) is 0 Å². The number of hydrogen-bond donors (Lipinski definition) is 1. The Kier molecular flexibility index (Phi) is 3.58. The fourth-order valence-electron chi connectivity index (χ4n) is 2.15. The van der Waals surface area contributed by atoms with Gasteiger partial charge in [-0.1, -0.05) is 0 Å². The van der Waals surface area contributed by atoms with E-state index in [0.717, 1.165) is 32.2 Å². The maximum Gasteiger partial charge on any atom is 0.0594 e. The number of hydrogen-bond acceptors (Lipinski definition) is 3. The number of nitrogens with zero attached hydrogens (tertiary/aromatic N) is 1. The summed E-state index contributed by atoms with van der Waals surface area (Å²) < 4.78 is 5.32. The molecule has 2 saturated heterocycles. The van der Waals surface area contributed by atoms with Crippen LogP contribution in [0.3, 0.4) is 0 Å². The molecule has 0 aromatic heterocycles. The van der Waals surface area contributed by atoms with Gasteiger partial charge in [0.25, 0.3) is 0 Å². The fraction of sp³-hybridized carbons (Fsp3) is 1.00. The largest absolute Gasteiger partial charge is 0.379 e. The minimum Gasteiger partial charge on any atom is -0.379 e. The summed E-state index contributed by atoms with van der Waals surface area (Å²) in [7, 11) is 0. The van der Waals surface area contributed by atoms with Crippen molar-refractivity contribution < 1.29 is 4.74 Å². The average Bonchev–Trinajstić information content (AvgIpc) is 2.69. The molecule has 1 atom stereocenters. The monoisotopic (exact) mass is 184 g/mol. The molecule has 2 heterocycles. The minimum absolute atomic E-state index is 0.933. The lowest BCUT2D eigenvalue weighted by Gasteiger charge is -2.27. The normalized spacial score (nSPS) is 30.9. The molecule has 0 spiro atoms. The van der Waals surface area contributed by atoms with Gasteiger partial charge in [0.05, 0.1) is 13.2 Å². The van der Waals surface area contributed by atoms with Crippen LogP contribution in [0.5, 0.6) is 0 Å². The Morgan fingerprint density at radius 2 is 2.15 bits per heavy atom. The summed E-state index contributed by atoms with van der Waals surface area (Å²) in [6, 6.07) is 0. The van der Waals surface area contributed by atoms with Gasteiger partial charge in [-0.3, -0.25) is 4.90 Å². The molecular weight excluding hydrogens is 164 g/mol. The molecular formula is C10H20N2O. The standard InChI is InChI=1S/C10H20N2O/c1-3-11-9-10(1)2-4-12-5-7-13-8-6-12/h10-11H,1-9H2/t10-/m1/s1. The fourth-order valence-corrected chi connectivity index (χ4v) is 2.15. The van der Waals surface area contributed by atoms with Crippen molar-refractivity contribution in [3.8, 4) is 0 Å². The molecule has 0 radical (unpaired) electrons. The molecule has 2 fully saturated rings. The summed E-state index contributed by atoms with van der Waals surface area (Å²) in [5, 5.41) is 3.42. The van der Waals surface area contributed by atoms with E-state index >= 15 is 0 Å². The van der Waals surface area contributed by atoms with Crippen molar-refractivity contribution in [1.29, 1.82) is 0 Å². The van der Waals surface area contributed by atoms with E-state index in [1.165, 1.54) is 32.5 Å². The zero-order chi connectivity index (χ0) is 8.93. The SMILES string of the molecule is C1C[C@H](CCN2CCOCC2)CN1. The topological polar surface area (TPSA) is 24.5 Å². The maximum absolute atomic E-state index is 5.32. The van der Waals surface area contributed by atoms with Crippen molar-refractivity contribution in [2.45, 2.75) is 12.8 Å². The molecule has 2 aliphatic rings. The van der Waals surface area contributed by atoms with Crippen LogP contribution < -0.4 is 5.32 Å². The first-order chi connectivity index (χ1) is 6.45. The molecule has 2 rings (SSSR count). The molecule has 0 aromatic rings. The van der Waals surface area contributed by atoms with Crippen molar-refractivity contribution in [2.75, 3.05) is 45.9 Å². The Bertz CT molecular complexity index is 140. The zero-order valence-electron chi connectivity index (χ0n) is 8.30. The van der Waals surface area contributed by atoms with Gasteiger partial charge in [0.2, 0.25) is 0 Å². The van der Waals surface area contributed by atoms with Crippen molar-refractivity contribution >= 4 is 0 Å². The zero-order valence-corrected chi connectivity index (χ0v) is 8.30. The highest BCUT2D eigenvalue weighted by molar-refractivity contribution is 4.73. The molecule has 3 heteroatoms. The van der Waals surface area contributed by atoms with E-state index in [0.29, 0.717) is 0 Å². The van der Waals surface area contributed by atoms with Gasteiger partial charge in [0.15, 0.2) is 0 Å². The second-order valence-electron chi connectivity index (χ2n) is 4.10. The van der Waals surface area contributed by atoms with Crippen LogP contribution in [0.15, 0.2) is 0 Å². The van der Waals surface area contributed by atoms with Crippen LogP contribution in [-0.4, -0.2) is 50.8 Å². The first-order valence-corrected chi connectivity index (χ1v) is 5.46. The number of rotatable bonds is 3. The average molecular weight is 184 g/mol. The highest BCUT2D eigenvalue weighted by Crippen LogP contribution is 2.13. The molecule has 0 amide bonds. The van der Waals surface area contributed by atoms with Crippen LogP contribution in [0.2, 0.25) is 0 Å². The third-order valence-corrected chi connectivity index (χ3v) is 3.12. The summed E-state index contributed by atoms with van der Waals surface area (Å²) in [5.74, 6) is 0.933. The van der Waals surface area contributed by atoms with Gasteiger partial charge in [0, 0.05) is 13.1 Å². The second-order valence-corrected chi connectivity index (χ2v) is 4.10. The van der Waals surface area contributed by atoms with E-state index in [-0.39, 0.29) is 0 Å². The molecule has 0 saturated carbocycles. The predicted octanol–water partition coefficient (Wildman–Crippen LogP) is 0.318. The van der Waals surface area contributed by atoms with Crippen molar-refractivity contribution in [3.05, 3.63) is 0 Å². The van der Waals surface area contributed by atoms with Gasteiger partial charge in [-0.15, -0.1) is 0 Å². The lowest BCUT2D eigenvalue weighted by Crippen LogP contribution is -2.37. The van der Waals surface area contributed by atoms with Gasteiger partial charge >= 0.3 is 0 Å². The van der Waals surface area contributed by atoms with Crippen LogP contribution in [0.1, 0.15) is 12.8 Å². The summed E-state index contributed by atoms with van der Waals surface area (Å²) in [5.41, 5.74) is 0. The van der Waals surface area contributed by atoms with Crippen molar-refractivity contribution in [3.63, 3.8) is 0 Å². The van der Waals surface area contributed by atoms with Crippen LogP contribution in [0.25, 0.3) is 0 Å². The van der Waals surface area contributed by atoms with E-state index in [4.69, 9.17) is 4.74 Å². The van der Waals surface area contributed by atoms with Gasteiger partial charge in [-0.25, -0.2) is 0 Å². The molecule has 0 aliphatic carbocycles. The molecule has 3 nitrogen and oxygen atoms in total. The Morgan fingerprint density at radius 3 is 2.85 bits per heavy atom. The highest BCUT2D eigenvalue weighted by atomic mass is 16.5. The predicted molar refractivity (Wildman–Crippen MR) is 52.9 cm³/mol. The number of nitrogens with one attached hydrogen (secondary N) is 1. The summed E-state index contributed by atoms with van der Waals surface area (Å²) in [6.45, 7) is 7.89. The van der Waals surface area contributed by atoms with Crippen molar-refractivity contribution in [2.24, 2.45) is 5.92 Å². The molecule has 0 aromatic carbocycles. The van der Waals surface area contributed by atoms with E-state index < -0.39 is 0 Å². The molecule has 1 N–H and O–H groups in total. The second kappa shape index (κ2) is 4.94. The molecule has 0 unspecified atom stereocenters. The van der Waals surface area contributed by atoms with Gasteiger partial charge in [0.1, 0.15) is 0 Å². The Morgan fingerprint density at radius 1 is 1.31 bits per heavy atom. The highest BCUT2D eigenvalue weighted by Gasteiger charge is 2.16. The molecule has 0 bridgehead atoms. The van der Waals surface area contributed by atoms with Gasteiger partial charge < -0.3 is 10.1 Å². The van der Waals surface area contributed by atoms with E-state index in [1.54, 1.807) is 0 Å². The third-order valence-electron chi connectivity index (χ3n) is 3.12. The van der Waals surface area contributed by atoms with Gasteiger partial charge in [-0.05, 0) is 38.4 Å². The molecule has 76 valence electrons. The first-order valence-electron chi connectivity index (χ1n) is 5.46. The third kappa shape index (κ3) is 2.93. The number of ether oxygens (including phenoxy) is 1. The van der Waals surface area contributed by atoms with Crippen LogP contribution >= 0.6 is 0 Å². The van der Waals surface area contributed by atoms with Crippen LogP contribution in [-0.2, 0) is 4.74 Å². The maximum atomic E-state index is 5.32. The van der Waals surface area contributed by atoms with E-state index in [1.807, 2.05) is 0 Å². The lowest BCUT2D eigenvalue weighted by molar-refractivity contribution is 0.0357. The van der Waals surface area contributed by atoms with Crippen LogP contribution in [0.4, 0.5) is 0 Å². The molecule has 2 aliphatic heterocycles. The smallest absolute Gasteiger partial charge is 0.0594 e. The summed E-state index contributed by atoms with van der Waals surface area (Å²) in [4.78, 5) is 2.53. The Balaban J connectivity index is 1.60. The van der Waals surface area contributed by atoms with E-state index in [2.05, 4.69) is 10.2 Å². The molecule has 13 heavy (non-hydrogen) atoms. The van der Waals surface area contributed by atoms with Crippen LogP contribution in [0, 0.1) is 5.92 Å². The lowest BCUT2D eigenvalue weighted by atomic mass is 10.0. The Hall–Kier alpha value is -0.120. The number of morpholine rings is 1. The summed E-state index contributed by atoms with van der Waals surface area (Å²) >= 11 is 0. The minimum atomic E-state index is 0.933. The Labute approximate surface area is 80.4 Å². The van der Waals surface area contributed by atoms with E-state index in [9.17, 15) is 0 Å². The first kappa shape index (κ1) is 9.44. The van der Waals surface area contributed by atoms with Crippen molar-refractivity contribution in [1.82, 2.24) is 10.2 Å².